The molecule has 154 valence electrons. The number of piperazine rings is 1. The van der Waals surface area contributed by atoms with Gasteiger partial charge in [-0.1, -0.05) is 52.3 Å². The van der Waals surface area contributed by atoms with Crippen LogP contribution in [-0.2, 0) is 16.0 Å². The molecule has 0 saturated carbocycles. The Balaban J connectivity index is 1.32. The van der Waals surface area contributed by atoms with Crippen molar-refractivity contribution in [1.82, 2.24) is 9.80 Å². The number of benzene rings is 2. The lowest BCUT2D eigenvalue weighted by molar-refractivity contribution is -0.139. The van der Waals surface area contributed by atoms with E-state index < -0.39 is 0 Å². The summed E-state index contributed by atoms with van der Waals surface area (Å²) in [6.45, 7) is 2.78. The van der Waals surface area contributed by atoms with Crippen molar-refractivity contribution in [3.8, 4) is 5.75 Å². The topological polar surface area (TPSA) is 49.9 Å². The highest BCUT2D eigenvalue weighted by atomic mass is 79.9. The van der Waals surface area contributed by atoms with Crippen LogP contribution in [0, 0.1) is 0 Å². The molecule has 1 aliphatic rings. The van der Waals surface area contributed by atoms with E-state index in [4.69, 9.17) is 4.74 Å². The fraction of sp³-hybridized carbons (Fsp3) is 0.391. The van der Waals surface area contributed by atoms with Crippen LogP contribution in [0.1, 0.15) is 24.8 Å². The standard InChI is InChI=1S/C23H27BrN2O3/c24-20-9-5-10-21(18-20)29-17-12-23(28)26-15-13-25(14-16-26)22(27)11-4-8-19-6-2-1-3-7-19/h1-3,5-7,9-10,18H,4,8,11-17H2. The minimum atomic E-state index is 0.0798. The Morgan fingerprint density at radius 1 is 0.862 bits per heavy atom. The summed E-state index contributed by atoms with van der Waals surface area (Å²) < 4.78 is 6.60. The summed E-state index contributed by atoms with van der Waals surface area (Å²) in [5.74, 6) is 1.01. The highest BCUT2D eigenvalue weighted by molar-refractivity contribution is 9.10. The van der Waals surface area contributed by atoms with Gasteiger partial charge >= 0.3 is 0 Å². The predicted octanol–water partition coefficient (Wildman–Crippen LogP) is 3.91. The zero-order valence-electron chi connectivity index (χ0n) is 16.6. The van der Waals surface area contributed by atoms with Crippen molar-refractivity contribution >= 4 is 27.7 Å². The Morgan fingerprint density at radius 3 is 2.17 bits per heavy atom. The molecule has 5 nitrogen and oxygen atoms in total. The molecule has 0 N–H and O–H groups in total. The highest BCUT2D eigenvalue weighted by Gasteiger charge is 2.23. The molecular formula is C23H27BrN2O3. The second-order valence-corrected chi connectivity index (χ2v) is 8.07. The zero-order chi connectivity index (χ0) is 20.5. The normalized spacial score (nSPS) is 14.0. The third-order valence-corrected chi connectivity index (χ3v) is 5.56. The number of carbonyl (C=O) groups is 2. The van der Waals surface area contributed by atoms with Gasteiger partial charge in [0.2, 0.25) is 11.8 Å². The van der Waals surface area contributed by atoms with Crippen molar-refractivity contribution in [2.24, 2.45) is 0 Å². The molecule has 2 amide bonds. The van der Waals surface area contributed by atoms with E-state index in [2.05, 4.69) is 28.1 Å². The van der Waals surface area contributed by atoms with Crippen molar-refractivity contribution in [2.75, 3.05) is 32.8 Å². The number of aryl methyl sites for hydroxylation is 1. The monoisotopic (exact) mass is 458 g/mol. The molecule has 0 bridgehead atoms. The molecule has 0 aromatic heterocycles. The van der Waals surface area contributed by atoms with Crippen molar-refractivity contribution in [1.29, 1.82) is 0 Å². The van der Waals surface area contributed by atoms with E-state index in [0.29, 0.717) is 45.6 Å². The van der Waals surface area contributed by atoms with E-state index >= 15 is 0 Å². The van der Waals surface area contributed by atoms with Crippen LogP contribution >= 0.6 is 15.9 Å². The molecule has 29 heavy (non-hydrogen) atoms. The number of halogens is 1. The minimum Gasteiger partial charge on any atom is -0.493 e. The maximum atomic E-state index is 12.4. The predicted molar refractivity (Wildman–Crippen MR) is 117 cm³/mol. The number of ether oxygens (including phenoxy) is 1. The Bertz CT molecular complexity index is 805. The first kappa shape index (κ1) is 21.4. The molecule has 1 heterocycles. The maximum Gasteiger partial charge on any atom is 0.226 e. The minimum absolute atomic E-state index is 0.0798. The second-order valence-electron chi connectivity index (χ2n) is 7.16. The Hall–Kier alpha value is -2.34. The van der Waals surface area contributed by atoms with E-state index in [-0.39, 0.29) is 11.8 Å². The first-order valence-electron chi connectivity index (χ1n) is 10.1. The number of carbonyl (C=O) groups excluding carboxylic acids is 2. The van der Waals surface area contributed by atoms with Gasteiger partial charge in [0.15, 0.2) is 0 Å². The molecule has 0 unspecified atom stereocenters. The molecule has 6 heteroatoms. The van der Waals surface area contributed by atoms with Crippen LogP contribution in [0.25, 0.3) is 0 Å². The summed E-state index contributed by atoms with van der Waals surface area (Å²) in [5, 5.41) is 0. The number of amides is 2. The highest BCUT2D eigenvalue weighted by Crippen LogP contribution is 2.18. The summed E-state index contributed by atoms with van der Waals surface area (Å²) in [6, 6.07) is 17.8. The molecule has 0 atom stereocenters. The quantitative estimate of drug-likeness (QED) is 0.602. The van der Waals surface area contributed by atoms with Crippen molar-refractivity contribution < 1.29 is 14.3 Å². The van der Waals surface area contributed by atoms with E-state index in [1.807, 2.05) is 52.3 Å². The van der Waals surface area contributed by atoms with Crippen LogP contribution in [0.2, 0.25) is 0 Å². The van der Waals surface area contributed by atoms with E-state index in [9.17, 15) is 9.59 Å². The number of rotatable bonds is 8. The lowest BCUT2D eigenvalue weighted by Crippen LogP contribution is -2.50. The molecule has 2 aromatic rings. The molecule has 3 rings (SSSR count). The van der Waals surface area contributed by atoms with Crippen LogP contribution in [0.3, 0.4) is 0 Å². The van der Waals surface area contributed by atoms with Gasteiger partial charge in [0, 0.05) is 37.1 Å². The van der Waals surface area contributed by atoms with Crippen LogP contribution in [0.15, 0.2) is 59.1 Å². The molecule has 1 fully saturated rings. The van der Waals surface area contributed by atoms with Crippen molar-refractivity contribution in [3.63, 3.8) is 0 Å². The third-order valence-electron chi connectivity index (χ3n) is 5.06. The van der Waals surface area contributed by atoms with Gasteiger partial charge < -0.3 is 14.5 Å². The van der Waals surface area contributed by atoms with Gasteiger partial charge in [0.25, 0.3) is 0 Å². The molecule has 0 spiro atoms. The van der Waals surface area contributed by atoms with Gasteiger partial charge in [0.1, 0.15) is 5.75 Å². The van der Waals surface area contributed by atoms with Crippen LogP contribution in [0.5, 0.6) is 5.75 Å². The molecular weight excluding hydrogens is 432 g/mol. The largest absolute Gasteiger partial charge is 0.493 e. The van der Waals surface area contributed by atoms with Crippen LogP contribution in [0.4, 0.5) is 0 Å². The first-order chi connectivity index (χ1) is 14.1. The maximum absolute atomic E-state index is 12.4. The SMILES string of the molecule is O=C(CCCc1ccccc1)N1CCN(C(=O)CCOc2cccc(Br)c2)CC1. The van der Waals surface area contributed by atoms with Gasteiger partial charge in [-0.05, 0) is 36.6 Å². The zero-order valence-corrected chi connectivity index (χ0v) is 18.1. The molecule has 2 aromatic carbocycles. The fourth-order valence-corrected chi connectivity index (χ4v) is 3.80. The fourth-order valence-electron chi connectivity index (χ4n) is 3.42. The number of nitrogens with zero attached hydrogens (tertiary/aromatic N) is 2. The Kier molecular flexibility index (Phi) is 8.11. The molecule has 0 radical (unpaired) electrons. The van der Waals surface area contributed by atoms with Crippen LogP contribution in [-0.4, -0.2) is 54.4 Å². The lowest BCUT2D eigenvalue weighted by Gasteiger charge is -2.35. The summed E-state index contributed by atoms with van der Waals surface area (Å²) in [6.07, 6.45) is 2.68. The average Bonchev–Trinajstić information content (AvgIpc) is 2.74. The van der Waals surface area contributed by atoms with Crippen molar-refractivity contribution in [3.05, 3.63) is 64.6 Å². The summed E-state index contributed by atoms with van der Waals surface area (Å²) in [4.78, 5) is 28.5. The van der Waals surface area contributed by atoms with Crippen LogP contribution < -0.4 is 4.74 Å². The lowest BCUT2D eigenvalue weighted by atomic mass is 10.1. The summed E-state index contributed by atoms with van der Waals surface area (Å²) >= 11 is 3.40. The smallest absolute Gasteiger partial charge is 0.226 e. The van der Waals surface area contributed by atoms with Gasteiger partial charge in [-0.3, -0.25) is 9.59 Å². The molecule has 0 aliphatic carbocycles. The first-order valence-corrected chi connectivity index (χ1v) is 10.9. The Morgan fingerprint density at radius 2 is 1.52 bits per heavy atom. The van der Waals surface area contributed by atoms with E-state index in [1.165, 1.54) is 5.56 Å². The van der Waals surface area contributed by atoms with Gasteiger partial charge in [0.05, 0.1) is 13.0 Å². The number of hydrogen-bond acceptors (Lipinski definition) is 3. The van der Waals surface area contributed by atoms with Gasteiger partial charge in [-0.2, -0.15) is 0 Å². The van der Waals surface area contributed by atoms with E-state index in [0.717, 1.165) is 23.1 Å². The summed E-state index contributed by atoms with van der Waals surface area (Å²) in [7, 11) is 0. The average molecular weight is 459 g/mol. The van der Waals surface area contributed by atoms with Crippen molar-refractivity contribution in [2.45, 2.75) is 25.7 Å². The molecule has 1 saturated heterocycles. The summed E-state index contributed by atoms with van der Waals surface area (Å²) in [5.41, 5.74) is 1.26. The van der Waals surface area contributed by atoms with Gasteiger partial charge in [-0.25, -0.2) is 0 Å². The van der Waals surface area contributed by atoms with E-state index in [1.54, 1.807) is 0 Å². The number of hydrogen-bond donors (Lipinski definition) is 0. The molecule has 1 aliphatic heterocycles. The van der Waals surface area contributed by atoms with Gasteiger partial charge in [-0.15, -0.1) is 0 Å². The third kappa shape index (κ3) is 6.89. The second kappa shape index (κ2) is 11.0. The Labute approximate surface area is 180 Å².